The zero-order valence-corrected chi connectivity index (χ0v) is 16.0. The molecule has 1 N–H and O–H groups in total. The number of nitrogens with one attached hydrogen (secondary N) is 1. The molecule has 0 amide bonds. The van der Waals surface area contributed by atoms with Crippen LogP contribution >= 0.6 is 0 Å². The van der Waals surface area contributed by atoms with Crippen molar-refractivity contribution >= 4 is 5.96 Å². The van der Waals surface area contributed by atoms with Crippen molar-refractivity contribution in [2.45, 2.75) is 13.5 Å². The van der Waals surface area contributed by atoms with Gasteiger partial charge in [0.1, 0.15) is 5.75 Å². The molecule has 1 aromatic rings. The molecule has 1 aromatic carbocycles. The molecule has 1 fully saturated rings. The SMILES string of the molecule is CN=C(NCC(C)CN1CCOCC1)N(C)Cc1ccc(OC)cc1. The first kappa shape index (κ1) is 19.5. The highest BCUT2D eigenvalue weighted by atomic mass is 16.5. The Balaban J connectivity index is 1.77. The number of nitrogens with zero attached hydrogens (tertiary/aromatic N) is 3. The van der Waals surface area contributed by atoms with Crippen molar-refractivity contribution in [1.29, 1.82) is 0 Å². The fraction of sp³-hybridized carbons (Fsp3) is 0.632. The fourth-order valence-corrected chi connectivity index (χ4v) is 3.02. The van der Waals surface area contributed by atoms with Crippen LogP contribution in [0.2, 0.25) is 0 Å². The monoisotopic (exact) mass is 348 g/mol. The maximum atomic E-state index is 5.41. The largest absolute Gasteiger partial charge is 0.497 e. The molecule has 0 bridgehead atoms. The van der Waals surface area contributed by atoms with Crippen LogP contribution in [0.25, 0.3) is 0 Å². The molecular formula is C19H32N4O2. The van der Waals surface area contributed by atoms with Gasteiger partial charge in [0.25, 0.3) is 0 Å². The first-order chi connectivity index (χ1) is 12.1. The number of methoxy groups -OCH3 is 1. The van der Waals surface area contributed by atoms with E-state index in [0.717, 1.165) is 57.6 Å². The molecule has 1 heterocycles. The maximum Gasteiger partial charge on any atom is 0.193 e. The summed E-state index contributed by atoms with van der Waals surface area (Å²) in [5.74, 6) is 2.36. The van der Waals surface area contributed by atoms with Gasteiger partial charge in [0.15, 0.2) is 5.96 Å². The van der Waals surface area contributed by atoms with Crippen LogP contribution in [0.1, 0.15) is 12.5 Å². The molecule has 1 unspecified atom stereocenters. The van der Waals surface area contributed by atoms with E-state index in [9.17, 15) is 0 Å². The first-order valence-electron chi connectivity index (χ1n) is 8.97. The second-order valence-electron chi connectivity index (χ2n) is 6.65. The van der Waals surface area contributed by atoms with Gasteiger partial charge < -0.3 is 19.7 Å². The van der Waals surface area contributed by atoms with Gasteiger partial charge in [-0.15, -0.1) is 0 Å². The lowest BCUT2D eigenvalue weighted by molar-refractivity contribution is 0.0320. The maximum absolute atomic E-state index is 5.41. The molecule has 0 aliphatic carbocycles. The quantitative estimate of drug-likeness (QED) is 0.600. The number of ether oxygens (including phenoxy) is 2. The summed E-state index contributed by atoms with van der Waals surface area (Å²) in [6, 6.07) is 8.15. The van der Waals surface area contributed by atoms with Gasteiger partial charge in [0.2, 0.25) is 0 Å². The van der Waals surface area contributed by atoms with E-state index in [1.165, 1.54) is 5.56 Å². The van der Waals surface area contributed by atoms with E-state index in [1.807, 2.05) is 19.2 Å². The third-order valence-corrected chi connectivity index (χ3v) is 4.43. The van der Waals surface area contributed by atoms with E-state index in [0.29, 0.717) is 5.92 Å². The average molecular weight is 348 g/mol. The molecule has 1 atom stereocenters. The summed E-state index contributed by atoms with van der Waals surface area (Å²) in [4.78, 5) is 9.02. The van der Waals surface area contributed by atoms with Gasteiger partial charge in [0, 0.05) is 46.8 Å². The van der Waals surface area contributed by atoms with E-state index in [2.05, 4.69) is 46.2 Å². The normalized spacial score (nSPS) is 17.2. The summed E-state index contributed by atoms with van der Waals surface area (Å²) < 4.78 is 10.6. The van der Waals surface area contributed by atoms with Crippen LogP contribution < -0.4 is 10.1 Å². The van der Waals surface area contributed by atoms with E-state index in [4.69, 9.17) is 9.47 Å². The molecule has 25 heavy (non-hydrogen) atoms. The molecule has 0 saturated carbocycles. The summed E-state index contributed by atoms with van der Waals surface area (Å²) in [6.45, 7) is 8.87. The molecule has 6 heteroatoms. The smallest absolute Gasteiger partial charge is 0.193 e. The molecule has 0 radical (unpaired) electrons. The molecule has 0 aromatic heterocycles. The van der Waals surface area contributed by atoms with Crippen LogP contribution in [0, 0.1) is 5.92 Å². The summed E-state index contributed by atoms with van der Waals surface area (Å²) in [5, 5.41) is 3.49. The highest BCUT2D eigenvalue weighted by molar-refractivity contribution is 5.79. The van der Waals surface area contributed by atoms with Crippen LogP contribution in [-0.2, 0) is 11.3 Å². The number of rotatable bonds is 7. The third-order valence-electron chi connectivity index (χ3n) is 4.43. The predicted octanol–water partition coefficient (Wildman–Crippen LogP) is 1.67. The summed E-state index contributed by atoms with van der Waals surface area (Å²) in [5.41, 5.74) is 1.23. The van der Waals surface area contributed by atoms with Crippen molar-refractivity contribution in [3.8, 4) is 5.75 Å². The van der Waals surface area contributed by atoms with Crippen molar-refractivity contribution < 1.29 is 9.47 Å². The second-order valence-corrected chi connectivity index (χ2v) is 6.65. The topological polar surface area (TPSA) is 49.3 Å². The third kappa shape index (κ3) is 6.55. The Morgan fingerprint density at radius 3 is 2.60 bits per heavy atom. The summed E-state index contributed by atoms with van der Waals surface area (Å²) in [7, 11) is 5.58. The van der Waals surface area contributed by atoms with Gasteiger partial charge in [-0.2, -0.15) is 0 Å². The van der Waals surface area contributed by atoms with E-state index in [1.54, 1.807) is 7.11 Å². The van der Waals surface area contributed by atoms with Crippen molar-refractivity contribution in [3.63, 3.8) is 0 Å². The number of hydrogen-bond donors (Lipinski definition) is 1. The van der Waals surface area contributed by atoms with Crippen LogP contribution in [0.3, 0.4) is 0 Å². The number of hydrogen-bond acceptors (Lipinski definition) is 4. The minimum Gasteiger partial charge on any atom is -0.497 e. The number of aliphatic imine (C=N–C) groups is 1. The zero-order valence-electron chi connectivity index (χ0n) is 16.0. The van der Waals surface area contributed by atoms with Gasteiger partial charge in [-0.3, -0.25) is 9.89 Å². The molecule has 1 saturated heterocycles. The average Bonchev–Trinajstić information content (AvgIpc) is 2.63. The van der Waals surface area contributed by atoms with E-state index < -0.39 is 0 Å². The molecule has 140 valence electrons. The summed E-state index contributed by atoms with van der Waals surface area (Å²) in [6.07, 6.45) is 0. The van der Waals surface area contributed by atoms with Gasteiger partial charge in [-0.25, -0.2) is 0 Å². The number of guanidine groups is 1. The second kappa shape index (κ2) is 10.3. The Morgan fingerprint density at radius 2 is 2.00 bits per heavy atom. The standard InChI is InChI=1S/C19H32N4O2/c1-16(14-23-9-11-25-12-10-23)13-21-19(20-2)22(3)15-17-5-7-18(24-4)8-6-17/h5-8,16H,9-15H2,1-4H3,(H,20,21). The van der Waals surface area contributed by atoms with Gasteiger partial charge in [-0.1, -0.05) is 19.1 Å². The highest BCUT2D eigenvalue weighted by Gasteiger charge is 2.14. The lowest BCUT2D eigenvalue weighted by Crippen LogP contribution is -2.44. The molecule has 1 aliphatic rings. The van der Waals surface area contributed by atoms with Crippen molar-refractivity contribution in [2.24, 2.45) is 10.9 Å². The molecule has 1 aliphatic heterocycles. The summed E-state index contributed by atoms with van der Waals surface area (Å²) >= 11 is 0. The van der Waals surface area contributed by atoms with Crippen LogP contribution in [0.5, 0.6) is 5.75 Å². The Bertz CT molecular complexity index is 527. The molecule has 2 rings (SSSR count). The number of benzene rings is 1. The van der Waals surface area contributed by atoms with Crippen molar-refractivity contribution in [2.75, 3.05) is 60.6 Å². The van der Waals surface area contributed by atoms with Crippen molar-refractivity contribution in [3.05, 3.63) is 29.8 Å². The van der Waals surface area contributed by atoms with Crippen LogP contribution in [0.4, 0.5) is 0 Å². The minimum atomic E-state index is 0.559. The van der Waals surface area contributed by atoms with Gasteiger partial charge >= 0.3 is 0 Å². The van der Waals surface area contributed by atoms with Crippen LogP contribution in [-0.4, -0.2) is 76.4 Å². The Morgan fingerprint density at radius 1 is 1.32 bits per heavy atom. The number of morpholine rings is 1. The minimum absolute atomic E-state index is 0.559. The molecule has 6 nitrogen and oxygen atoms in total. The zero-order chi connectivity index (χ0) is 18.1. The fourth-order valence-electron chi connectivity index (χ4n) is 3.02. The lowest BCUT2D eigenvalue weighted by atomic mass is 10.1. The Labute approximate surface area is 151 Å². The van der Waals surface area contributed by atoms with E-state index in [-0.39, 0.29) is 0 Å². The van der Waals surface area contributed by atoms with E-state index >= 15 is 0 Å². The van der Waals surface area contributed by atoms with Gasteiger partial charge in [-0.05, 0) is 23.6 Å². The Kier molecular flexibility index (Phi) is 8.01. The van der Waals surface area contributed by atoms with Crippen molar-refractivity contribution in [1.82, 2.24) is 15.1 Å². The van der Waals surface area contributed by atoms with Gasteiger partial charge in [0.05, 0.1) is 20.3 Å². The van der Waals surface area contributed by atoms with Crippen LogP contribution in [0.15, 0.2) is 29.3 Å². The first-order valence-corrected chi connectivity index (χ1v) is 8.97. The molecular weight excluding hydrogens is 316 g/mol. The lowest BCUT2D eigenvalue weighted by Gasteiger charge is -2.30. The predicted molar refractivity (Wildman–Crippen MR) is 102 cm³/mol. The Hall–Kier alpha value is -1.79. The highest BCUT2D eigenvalue weighted by Crippen LogP contribution is 2.12. The molecule has 0 spiro atoms.